The van der Waals surface area contributed by atoms with Crippen molar-refractivity contribution in [2.45, 2.75) is 51.7 Å². The Morgan fingerprint density at radius 3 is 2.29 bits per heavy atom. The van der Waals surface area contributed by atoms with E-state index in [-0.39, 0.29) is 24.8 Å². The summed E-state index contributed by atoms with van der Waals surface area (Å²) in [6.07, 6.45) is -2.30. The predicted octanol–water partition coefficient (Wildman–Crippen LogP) is 4.18. The smallest absolute Gasteiger partial charge is 0.271 e. The maximum Gasteiger partial charge on any atom is 0.391 e. The number of hydrogen-bond donors (Lipinski definition) is 2. The van der Waals surface area contributed by atoms with Crippen molar-refractivity contribution in [1.82, 2.24) is 5.43 Å². The van der Waals surface area contributed by atoms with E-state index in [1.165, 1.54) is 0 Å². The molecule has 0 bridgehead atoms. The lowest BCUT2D eigenvalue weighted by Crippen LogP contribution is -2.38. The Morgan fingerprint density at radius 1 is 1.14 bits per heavy atom. The lowest BCUT2D eigenvalue weighted by atomic mass is 9.75. The Balaban J connectivity index is 2.20. The van der Waals surface area contributed by atoms with Gasteiger partial charge in [0, 0.05) is 6.04 Å². The van der Waals surface area contributed by atoms with E-state index < -0.39 is 12.1 Å². The largest absolute Gasteiger partial charge is 0.391 e. The van der Waals surface area contributed by atoms with Gasteiger partial charge in [0.05, 0.1) is 5.92 Å². The zero-order chi connectivity index (χ0) is 15.6. The summed E-state index contributed by atoms with van der Waals surface area (Å²) in [6.45, 7) is 3.98. The van der Waals surface area contributed by atoms with E-state index in [2.05, 4.69) is 11.5 Å². The first-order chi connectivity index (χ1) is 9.81. The van der Waals surface area contributed by atoms with Gasteiger partial charge in [-0.1, -0.05) is 35.7 Å². The third-order valence-corrected chi connectivity index (χ3v) is 4.43. The molecule has 0 spiro atoms. The van der Waals surface area contributed by atoms with Crippen LogP contribution in [0.15, 0.2) is 18.2 Å². The molecule has 0 amide bonds. The van der Waals surface area contributed by atoms with Gasteiger partial charge in [-0.05, 0) is 44.6 Å². The highest BCUT2D eigenvalue weighted by molar-refractivity contribution is 5.31. The summed E-state index contributed by atoms with van der Waals surface area (Å²) in [7, 11) is 0. The number of aryl methyl sites for hydroxylation is 2. The second-order valence-corrected chi connectivity index (χ2v) is 6.23. The van der Waals surface area contributed by atoms with E-state index in [9.17, 15) is 13.2 Å². The van der Waals surface area contributed by atoms with Gasteiger partial charge >= 0.3 is 6.18 Å². The average molecular weight is 300 g/mol. The van der Waals surface area contributed by atoms with Crippen molar-refractivity contribution < 1.29 is 13.2 Å². The van der Waals surface area contributed by atoms with Crippen LogP contribution in [-0.4, -0.2) is 6.18 Å². The molecule has 0 heterocycles. The molecule has 1 aromatic carbocycles. The molecule has 21 heavy (non-hydrogen) atoms. The van der Waals surface area contributed by atoms with Crippen LogP contribution in [0.5, 0.6) is 0 Å². The van der Waals surface area contributed by atoms with E-state index in [0.717, 1.165) is 23.1 Å². The fourth-order valence-electron chi connectivity index (χ4n) is 3.52. The molecule has 0 aromatic heterocycles. The molecule has 1 aromatic rings. The Hall–Kier alpha value is -1.07. The van der Waals surface area contributed by atoms with E-state index >= 15 is 0 Å². The number of hydrazine groups is 1. The summed E-state index contributed by atoms with van der Waals surface area (Å²) in [6, 6.07) is 5.86. The summed E-state index contributed by atoms with van der Waals surface area (Å²) in [5, 5.41) is 0. The monoisotopic (exact) mass is 300 g/mol. The SMILES string of the molecule is Cc1cc(C)cc(C(NN)C2CCCC(C(F)(F)F)C2)c1. The molecule has 1 aliphatic rings. The van der Waals surface area contributed by atoms with E-state index in [4.69, 9.17) is 5.84 Å². The Morgan fingerprint density at radius 2 is 1.76 bits per heavy atom. The van der Waals surface area contributed by atoms with E-state index in [0.29, 0.717) is 6.42 Å². The van der Waals surface area contributed by atoms with Crippen LogP contribution in [-0.2, 0) is 0 Å². The van der Waals surface area contributed by atoms with E-state index in [1.54, 1.807) is 0 Å². The van der Waals surface area contributed by atoms with Crippen LogP contribution in [0.1, 0.15) is 48.4 Å². The summed E-state index contributed by atoms with van der Waals surface area (Å²) in [5.74, 6) is 4.39. The third-order valence-electron chi connectivity index (χ3n) is 4.43. The summed E-state index contributed by atoms with van der Waals surface area (Å²) in [4.78, 5) is 0. The zero-order valence-corrected chi connectivity index (χ0v) is 12.5. The minimum atomic E-state index is -4.10. The van der Waals surface area contributed by atoms with Gasteiger partial charge < -0.3 is 0 Å². The highest BCUT2D eigenvalue weighted by Crippen LogP contribution is 2.43. The molecule has 2 rings (SSSR count). The van der Waals surface area contributed by atoms with Gasteiger partial charge in [0.2, 0.25) is 0 Å². The number of nitrogens with two attached hydrogens (primary N) is 1. The highest BCUT2D eigenvalue weighted by Gasteiger charge is 2.43. The van der Waals surface area contributed by atoms with Crippen molar-refractivity contribution >= 4 is 0 Å². The molecule has 1 fully saturated rings. The van der Waals surface area contributed by atoms with Crippen molar-refractivity contribution in [3.05, 3.63) is 34.9 Å². The molecule has 118 valence electrons. The number of rotatable bonds is 3. The number of alkyl halides is 3. The molecule has 3 unspecified atom stereocenters. The quantitative estimate of drug-likeness (QED) is 0.649. The van der Waals surface area contributed by atoms with Crippen molar-refractivity contribution in [2.24, 2.45) is 17.7 Å². The van der Waals surface area contributed by atoms with E-state index in [1.807, 2.05) is 26.0 Å². The molecular formula is C16H23F3N2. The molecule has 0 radical (unpaired) electrons. The fourth-order valence-corrected chi connectivity index (χ4v) is 3.52. The maximum absolute atomic E-state index is 13.0. The normalized spacial score (nSPS) is 24.9. The fraction of sp³-hybridized carbons (Fsp3) is 0.625. The first kappa shape index (κ1) is 16.3. The van der Waals surface area contributed by atoms with Crippen molar-refractivity contribution in [3.8, 4) is 0 Å². The first-order valence-corrected chi connectivity index (χ1v) is 7.42. The number of halogens is 3. The first-order valence-electron chi connectivity index (χ1n) is 7.42. The van der Waals surface area contributed by atoms with Crippen LogP contribution in [0.25, 0.3) is 0 Å². The highest BCUT2D eigenvalue weighted by atomic mass is 19.4. The van der Waals surface area contributed by atoms with Crippen LogP contribution in [0.3, 0.4) is 0 Å². The number of hydrogen-bond acceptors (Lipinski definition) is 2. The van der Waals surface area contributed by atoms with Crippen LogP contribution < -0.4 is 11.3 Å². The lowest BCUT2D eigenvalue weighted by Gasteiger charge is -2.35. The van der Waals surface area contributed by atoms with Crippen molar-refractivity contribution in [1.29, 1.82) is 0 Å². The van der Waals surface area contributed by atoms with Crippen molar-refractivity contribution in [3.63, 3.8) is 0 Å². The Bertz CT molecular complexity index is 465. The van der Waals surface area contributed by atoms with Gasteiger partial charge in [0.25, 0.3) is 0 Å². The van der Waals surface area contributed by atoms with Gasteiger partial charge in [0.15, 0.2) is 0 Å². The van der Waals surface area contributed by atoms with Crippen LogP contribution in [0.2, 0.25) is 0 Å². The van der Waals surface area contributed by atoms with Crippen molar-refractivity contribution in [2.75, 3.05) is 0 Å². The van der Waals surface area contributed by atoms with Crippen LogP contribution in [0, 0.1) is 25.7 Å². The minimum absolute atomic E-state index is 0.0726. The van der Waals surface area contributed by atoms with Crippen LogP contribution >= 0.6 is 0 Å². The standard InChI is InChI=1S/C16H23F3N2/c1-10-6-11(2)8-13(7-10)15(21-20)12-4-3-5-14(9-12)16(17,18)19/h6-8,12,14-15,21H,3-5,9,20H2,1-2H3. The molecule has 1 saturated carbocycles. The molecule has 0 aliphatic heterocycles. The maximum atomic E-state index is 13.0. The summed E-state index contributed by atoms with van der Waals surface area (Å²) in [5.41, 5.74) is 5.95. The molecule has 3 atom stereocenters. The number of benzene rings is 1. The topological polar surface area (TPSA) is 38.0 Å². The van der Waals surface area contributed by atoms with Gasteiger partial charge in [0.1, 0.15) is 0 Å². The zero-order valence-electron chi connectivity index (χ0n) is 12.5. The van der Waals surface area contributed by atoms with Gasteiger partial charge in [-0.15, -0.1) is 0 Å². The summed E-state index contributed by atoms with van der Waals surface area (Å²) < 4.78 is 38.9. The average Bonchev–Trinajstić information content (AvgIpc) is 2.38. The second-order valence-electron chi connectivity index (χ2n) is 6.23. The summed E-state index contributed by atoms with van der Waals surface area (Å²) >= 11 is 0. The predicted molar refractivity (Wildman–Crippen MR) is 77.5 cm³/mol. The molecule has 5 heteroatoms. The molecule has 1 aliphatic carbocycles. The van der Waals surface area contributed by atoms with Gasteiger partial charge in [-0.2, -0.15) is 13.2 Å². The minimum Gasteiger partial charge on any atom is -0.271 e. The second kappa shape index (κ2) is 6.36. The van der Waals surface area contributed by atoms with Gasteiger partial charge in [-0.3, -0.25) is 11.3 Å². The molecular weight excluding hydrogens is 277 g/mol. The molecule has 2 nitrogen and oxygen atoms in total. The number of nitrogens with one attached hydrogen (secondary N) is 1. The lowest BCUT2D eigenvalue weighted by molar-refractivity contribution is -0.186. The molecule has 0 saturated heterocycles. The van der Waals surface area contributed by atoms with Crippen LogP contribution in [0.4, 0.5) is 13.2 Å². The van der Waals surface area contributed by atoms with Gasteiger partial charge in [-0.25, -0.2) is 0 Å². The third kappa shape index (κ3) is 3.98. The Labute approximate surface area is 123 Å². The molecule has 3 N–H and O–H groups in total. The Kier molecular flexibility index (Phi) is 4.94.